The molecule has 0 aliphatic carbocycles. The van der Waals surface area contributed by atoms with Crippen LogP contribution in [0.25, 0.3) is 0 Å². The van der Waals surface area contributed by atoms with E-state index in [0.717, 1.165) is 10.1 Å². The molecule has 1 aliphatic rings. The summed E-state index contributed by atoms with van der Waals surface area (Å²) in [6.07, 6.45) is 14.0. The summed E-state index contributed by atoms with van der Waals surface area (Å²) in [6, 6.07) is 0. The van der Waals surface area contributed by atoms with Crippen LogP contribution in [0.4, 0.5) is 0 Å². The van der Waals surface area contributed by atoms with Gasteiger partial charge in [0.2, 0.25) is 0 Å². The van der Waals surface area contributed by atoms with Crippen LogP contribution in [-0.2, 0) is 0 Å². The van der Waals surface area contributed by atoms with Gasteiger partial charge in [0.1, 0.15) is 0 Å². The van der Waals surface area contributed by atoms with Crippen LogP contribution in [0, 0.1) is 0 Å². The van der Waals surface area contributed by atoms with E-state index < -0.39 is 0 Å². The maximum atomic E-state index is 3.91. The van der Waals surface area contributed by atoms with Crippen molar-refractivity contribution in [3.8, 4) is 0 Å². The van der Waals surface area contributed by atoms with E-state index in [9.17, 15) is 0 Å². The summed E-state index contributed by atoms with van der Waals surface area (Å²) in [5.74, 6) is 0. The summed E-state index contributed by atoms with van der Waals surface area (Å²) >= 11 is 2.24. The first-order valence-electron chi connectivity index (χ1n) is 4.08. The van der Waals surface area contributed by atoms with Gasteiger partial charge in [0, 0.05) is 10.1 Å². The minimum atomic E-state index is 0.830. The van der Waals surface area contributed by atoms with E-state index in [0.29, 0.717) is 0 Å². The zero-order valence-corrected chi connectivity index (χ0v) is 9.49. The highest BCUT2D eigenvalue weighted by Gasteiger charge is 1.95. The Hall–Kier alpha value is -0.770. The molecule has 0 bridgehead atoms. The Bertz CT molecular complexity index is 295. The Morgan fingerprint density at radius 3 is 2.69 bits per heavy atom. The smallest absolute Gasteiger partial charge is 0.0405 e. The zero-order valence-electron chi connectivity index (χ0n) is 7.33. The summed E-state index contributed by atoms with van der Waals surface area (Å²) in [5, 5.41) is 3.19. The third kappa shape index (κ3) is 4.12. The highest BCUT2D eigenvalue weighted by Crippen LogP contribution is 2.14. The number of halogens is 1. The van der Waals surface area contributed by atoms with E-state index in [1.807, 2.05) is 36.6 Å². The molecule has 0 fully saturated rings. The molecular formula is C11H12IN. The van der Waals surface area contributed by atoms with Crippen LogP contribution in [0.15, 0.2) is 58.4 Å². The minimum absolute atomic E-state index is 0.830. The average molecular weight is 285 g/mol. The van der Waals surface area contributed by atoms with Crippen molar-refractivity contribution in [3.63, 3.8) is 0 Å². The van der Waals surface area contributed by atoms with Crippen LogP contribution >= 0.6 is 22.6 Å². The van der Waals surface area contributed by atoms with Gasteiger partial charge >= 0.3 is 0 Å². The highest BCUT2D eigenvalue weighted by molar-refractivity contribution is 14.1. The lowest BCUT2D eigenvalue weighted by molar-refractivity contribution is 0.955. The molecule has 68 valence electrons. The van der Waals surface area contributed by atoms with Crippen molar-refractivity contribution in [3.05, 3.63) is 58.4 Å². The van der Waals surface area contributed by atoms with Gasteiger partial charge in [-0.2, -0.15) is 0 Å². The van der Waals surface area contributed by atoms with Gasteiger partial charge < -0.3 is 5.32 Å². The summed E-state index contributed by atoms with van der Waals surface area (Å²) in [5.41, 5.74) is 1.22. The van der Waals surface area contributed by atoms with Crippen molar-refractivity contribution in [2.75, 3.05) is 6.54 Å². The van der Waals surface area contributed by atoms with Crippen molar-refractivity contribution in [2.24, 2.45) is 0 Å². The first kappa shape index (κ1) is 10.3. The SMILES string of the molecule is C=C(I)\C1=C/C=C\C=C/C=C/NC1. The molecule has 1 nitrogen and oxygen atoms in total. The number of hydrogen-bond donors (Lipinski definition) is 1. The van der Waals surface area contributed by atoms with Crippen molar-refractivity contribution in [2.45, 2.75) is 0 Å². The van der Waals surface area contributed by atoms with Crippen molar-refractivity contribution in [1.82, 2.24) is 5.32 Å². The predicted molar refractivity (Wildman–Crippen MR) is 66.7 cm³/mol. The number of hydrogen-bond acceptors (Lipinski definition) is 1. The lowest BCUT2D eigenvalue weighted by atomic mass is 10.2. The summed E-state index contributed by atoms with van der Waals surface area (Å²) in [7, 11) is 0. The molecule has 13 heavy (non-hydrogen) atoms. The molecule has 0 radical (unpaired) electrons. The second-order valence-electron chi connectivity index (χ2n) is 2.61. The van der Waals surface area contributed by atoms with Crippen LogP contribution in [0.5, 0.6) is 0 Å². The molecule has 0 aromatic carbocycles. The van der Waals surface area contributed by atoms with E-state index in [-0.39, 0.29) is 0 Å². The molecule has 0 saturated carbocycles. The number of rotatable bonds is 1. The Balaban J connectivity index is 2.77. The van der Waals surface area contributed by atoms with Gasteiger partial charge in [-0.25, -0.2) is 0 Å². The quantitative estimate of drug-likeness (QED) is 0.730. The molecule has 0 unspecified atom stereocenters. The van der Waals surface area contributed by atoms with Crippen molar-refractivity contribution < 1.29 is 0 Å². The molecular weight excluding hydrogens is 273 g/mol. The largest absolute Gasteiger partial charge is 0.387 e. The maximum absolute atomic E-state index is 3.91. The van der Waals surface area contributed by atoms with Gasteiger partial charge in [-0.15, -0.1) is 0 Å². The van der Waals surface area contributed by atoms with Crippen molar-refractivity contribution in [1.29, 1.82) is 0 Å². The lowest BCUT2D eigenvalue weighted by Gasteiger charge is -2.04. The molecule has 1 heterocycles. The Labute approximate surface area is 92.7 Å². The van der Waals surface area contributed by atoms with Gasteiger partial charge in [-0.1, -0.05) is 37.0 Å². The van der Waals surface area contributed by atoms with Gasteiger partial charge in [-0.05, 0) is 40.4 Å². The fraction of sp³-hybridized carbons (Fsp3) is 0.0909. The summed E-state index contributed by atoms with van der Waals surface area (Å²) in [6.45, 7) is 4.74. The first-order chi connectivity index (χ1) is 6.30. The van der Waals surface area contributed by atoms with Crippen LogP contribution in [0.2, 0.25) is 0 Å². The standard InChI is InChI=1S/C11H12IN/c1-10(12)11-7-5-3-2-4-6-8-13-9-11/h2-8,13H,1,9H2/b4-2-,5-3-,8-6+,11-7-. The average Bonchev–Trinajstić information content (AvgIpc) is 2.14. The molecule has 2 heteroatoms. The van der Waals surface area contributed by atoms with E-state index in [4.69, 9.17) is 0 Å². The Kier molecular flexibility index (Phi) is 4.60. The number of allylic oxidation sites excluding steroid dienone is 6. The molecule has 0 aromatic rings. The van der Waals surface area contributed by atoms with Crippen LogP contribution < -0.4 is 5.32 Å². The Morgan fingerprint density at radius 1 is 1.23 bits per heavy atom. The van der Waals surface area contributed by atoms with Gasteiger partial charge in [0.25, 0.3) is 0 Å². The van der Waals surface area contributed by atoms with Gasteiger partial charge in [0.15, 0.2) is 0 Å². The van der Waals surface area contributed by atoms with E-state index >= 15 is 0 Å². The molecule has 1 aliphatic heterocycles. The molecule has 0 spiro atoms. The highest BCUT2D eigenvalue weighted by atomic mass is 127. The third-order valence-corrected chi connectivity index (χ3v) is 2.29. The van der Waals surface area contributed by atoms with Crippen molar-refractivity contribution >= 4 is 22.6 Å². The Morgan fingerprint density at radius 2 is 1.92 bits per heavy atom. The summed E-state index contributed by atoms with van der Waals surface area (Å²) < 4.78 is 1.08. The second kappa shape index (κ2) is 5.80. The van der Waals surface area contributed by atoms with E-state index in [1.165, 1.54) is 5.57 Å². The molecule has 1 N–H and O–H groups in total. The van der Waals surface area contributed by atoms with E-state index in [1.54, 1.807) is 0 Å². The maximum Gasteiger partial charge on any atom is 0.0405 e. The predicted octanol–water partition coefficient (Wildman–Crippen LogP) is 3.09. The van der Waals surface area contributed by atoms with Crippen LogP contribution in [0.1, 0.15) is 0 Å². The molecule has 0 atom stereocenters. The molecule has 0 saturated heterocycles. The van der Waals surface area contributed by atoms with Crippen LogP contribution in [0.3, 0.4) is 0 Å². The zero-order chi connectivity index (χ0) is 9.52. The molecule has 0 aromatic heterocycles. The van der Waals surface area contributed by atoms with Gasteiger partial charge in [-0.3, -0.25) is 0 Å². The summed E-state index contributed by atoms with van der Waals surface area (Å²) in [4.78, 5) is 0. The second-order valence-corrected chi connectivity index (χ2v) is 3.91. The van der Waals surface area contributed by atoms with E-state index in [2.05, 4.69) is 40.6 Å². The topological polar surface area (TPSA) is 12.0 Å². The molecule has 0 amide bonds. The molecule has 1 rings (SSSR count). The van der Waals surface area contributed by atoms with Crippen LogP contribution in [-0.4, -0.2) is 6.54 Å². The normalized spacial score (nSPS) is 27.6. The fourth-order valence-corrected chi connectivity index (χ4v) is 1.27. The fourth-order valence-electron chi connectivity index (χ4n) is 0.902. The number of nitrogens with one attached hydrogen (secondary N) is 1. The lowest BCUT2D eigenvalue weighted by Crippen LogP contribution is -2.09. The van der Waals surface area contributed by atoms with Gasteiger partial charge in [0.05, 0.1) is 0 Å². The first-order valence-corrected chi connectivity index (χ1v) is 5.16. The minimum Gasteiger partial charge on any atom is -0.387 e. The monoisotopic (exact) mass is 285 g/mol. The third-order valence-electron chi connectivity index (χ3n) is 1.60.